The van der Waals surface area contributed by atoms with Gasteiger partial charge in [-0.1, -0.05) is 23.9 Å². The first-order valence-electron chi connectivity index (χ1n) is 9.12. The number of nitrogens with one attached hydrogen (secondary N) is 2. The van der Waals surface area contributed by atoms with Crippen LogP contribution in [0.1, 0.15) is 29.8 Å². The van der Waals surface area contributed by atoms with E-state index in [-0.39, 0.29) is 23.5 Å². The molecule has 1 aromatic carbocycles. The van der Waals surface area contributed by atoms with Crippen molar-refractivity contribution in [1.82, 2.24) is 25.4 Å². The zero-order chi connectivity index (χ0) is 19.4. The molecule has 3 rings (SSSR count). The molecule has 0 aliphatic heterocycles. The van der Waals surface area contributed by atoms with E-state index in [0.717, 1.165) is 35.5 Å². The van der Waals surface area contributed by atoms with Gasteiger partial charge in [0.25, 0.3) is 0 Å². The van der Waals surface area contributed by atoms with E-state index in [4.69, 9.17) is 0 Å². The average Bonchev–Trinajstić information content (AvgIpc) is 3.43. The van der Waals surface area contributed by atoms with Gasteiger partial charge in [0, 0.05) is 19.0 Å². The lowest BCUT2D eigenvalue weighted by Crippen LogP contribution is -2.36. The highest BCUT2D eigenvalue weighted by atomic mass is 32.2. The van der Waals surface area contributed by atoms with Gasteiger partial charge in [0.15, 0.2) is 5.16 Å². The van der Waals surface area contributed by atoms with Gasteiger partial charge in [-0.15, -0.1) is 10.2 Å². The van der Waals surface area contributed by atoms with Crippen LogP contribution in [0, 0.1) is 26.7 Å². The van der Waals surface area contributed by atoms with E-state index in [2.05, 4.69) is 39.0 Å². The third kappa shape index (κ3) is 5.09. The summed E-state index contributed by atoms with van der Waals surface area (Å²) in [6.45, 7) is 6.89. The van der Waals surface area contributed by atoms with E-state index in [9.17, 15) is 9.59 Å². The van der Waals surface area contributed by atoms with Gasteiger partial charge in [0.2, 0.25) is 11.8 Å². The van der Waals surface area contributed by atoms with Crippen molar-refractivity contribution in [2.45, 2.75) is 38.8 Å². The minimum atomic E-state index is -0.0890. The molecule has 1 fully saturated rings. The fourth-order valence-corrected chi connectivity index (χ4v) is 3.55. The Morgan fingerprint density at radius 2 is 1.89 bits per heavy atom. The molecule has 0 unspecified atom stereocenters. The smallest absolute Gasteiger partial charge is 0.230 e. The molecule has 7 nitrogen and oxygen atoms in total. The summed E-state index contributed by atoms with van der Waals surface area (Å²) in [5, 5.41) is 14.7. The number of thioether (sulfide) groups is 1. The van der Waals surface area contributed by atoms with Gasteiger partial charge in [0.05, 0.1) is 11.4 Å². The van der Waals surface area contributed by atoms with Crippen LogP contribution in [0.2, 0.25) is 0 Å². The maximum atomic E-state index is 12.1. The molecule has 1 aliphatic rings. The van der Waals surface area contributed by atoms with Crippen molar-refractivity contribution < 1.29 is 9.59 Å². The molecule has 0 radical (unpaired) electrons. The maximum Gasteiger partial charge on any atom is 0.230 e. The summed E-state index contributed by atoms with van der Waals surface area (Å²) >= 11 is 1.35. The lowest BCUT2D eigenvalue weighted by molar-refractivity contribution is -0.123. The third-order valence-corrected chi connectivity index (χ3v) is 5.36. The Morgan fingerprint density at radius 1 is 1.15 bits per heavy atom. The second-order valence-electron chi connectivity index (χ2n) is 6.86. The van der Waals surface area contributed by atoms with Crippen LogP contribution in [0.15, 0.2) is 23.4 Å². The van der Waals surface area contributed by atoms with Gasteiger partial charge >= 0.3 is 0 Å². The fraction of sp³-hybridized carbons (Fsp3) is 0.474. The highest BCUT2D eigenvalue weighted by molar-refractivity contribution is 7.99. The van der Waals surface area contributed by atoms with E-state index >= 15 is 0 Å². The first-order chi connectivity index (χ1) is 13.0. The normalized spacial score (nSPS) is 13.4. The Kier molecular flexibility index (Phi) is 6.15. The molecule has 2 aromatic rings. The number of carbonyl (C=O) groups excluding carboxylic acids is 2. The third-order valence-electron chi connectivity index (χ3n) is 4.43. The highest BCUT2D eigenvalue weighted by Crippen LogP contribution is 2.28. The molecule has 2 amide bonds. The van der Waals surface area contributed by atoms with Crippen molar-refractivity contribution in [3.63, 3.8) is 0 Å². The van der Waals surface area contributed by atoms with Gasteiger partial charge < -0.3 is 10.6 Å². The summed E-state index contributed by atoms with van der Waals surface area (Å²) in [4.78, 5) is 23.6. The van der Waals surface area contributed by atoms with Gasteiger partial charge in [-0.05, 0) is 50.8 Å². The Morgan fingerprint density at radius 3 is 2.63 bits per heavy atom. The average molecular weight is 388 g/mol. The van der Waals surface area contributed by atoms with Crippen LogP contribution in [0.25, 0.3) is 5.69 Å². The lowest BCUT2D eigenvalue weighted by Gasteiger charge is -2.12. The highest BCUT2D eigenvalue weighted by Gasteiger charge is 2.29. The molecule has 0 saturated heterocycles. The molecular formula is C19H25N5O2S. The van der Waals surface area contributed by atoms with Gasteiger partial charge in [-0.25, -0.2) is 0 Å². The van der Waals surface area contributed by atoms with Gasteiger partial charge in [-0.3, -0.25) is 14.2 Å². The summed E-state index contributed by atoms with van der Waals surface area (Å²) in [7, 11) is 0. The van der Waals surface area contributed by atoms with E-state index < -0.39 is 0 Å². The van der Waals surface area contributed by atoms with Crippen LogP contribution in [0.4, 0.5) is 0 Å². The summed E-state index contributed by atoms with van der Waals surface area (Å²) in [5.74, 6) is 1.23. The Labute approximate surface area is 163 Å². The largest absolute Gasteiger partial charge is 0.354 e. The summed E-state index contributed by atoms with van der Waals surface area (Å²) in [6.07, 6.45) is 1.96. The maximum absolute atomic E-state index is 12.1. The van der Waals surface area contributed by atoms with Crippen molar-refractivity contribution in [2.24, 2.45) is 5.92 Å². The molecule has 144 valence electrons. The number of rotatable bonds is 8. The number of aromatic nitrogens is 3. The SMILES string of the molecule is Cc1ccc(C)c(-n2c(C)nnc2SCC(=O)NCCNC(=O)C2CC2)c1. The Bertz CT molecular complexity index is 845. The summed E-state index contributed by atoms with van der Waals surface area (Å²) in [5.41, 5.74) is 3.31. The second-order valence-corrected chi connectivity index (χ2v) is 7.80. The molecule has 0 bridgehead atoms. The quantitative estimate of drug-likeness (QED) is 0.534. The number of hydrogen-bond donors (Lipinski definition) is 2. The number of carbonyl (C=O) groups is 2. The van der Waals surface area contributed by atoms with Crippen molar-refractivity contribution in [1.29, 1.82) is 0 Å². The number of benzene rings is 1. The van der Waals surface area contributed by atoms with Crippen LogP contribution in [0.3, 0.4) is 0 Å². The first kappa shape index (κ1) is 19.4. The standard InChI is InChI=1S/C19H25N5O2S/c1-12-4-5-13(2)16(10-12)24-14(3)22-23-19(24)27-11-17(25)20-8-9-21-18(26)15-6-7-15/h4-5,10,15H,6-9,11H2,1-3H3,(H,20,25)(H,21,26). The summed E-state index contributed by atoms with van der Waals surface area (Å²) in [6, 6.07) is 6.24. The second kappa shape index (κ2) is 8.56. The van der Waals surface area contributed by atoms with Crippen LogP contribution in [0.5, 0.6) is 0 Å². The van der Waals surface area contributed by atoms with Crippen molar-refractivity contribution in [3.05, 3.63) is 35.2 Å². The number of nitrogens with zero attached hydrogens (tertiary/aromatic N) is 3. The van der Waals surface area contributed by atoms with Crippen molar-refractivity contribution in [3.8, 4) is 5.69 Å². The zero-order valence-corrected chi connectivity index (χ0v) is 16.7. The lowest BCUT2D eigenvalue weighted by atomic mass is 10.1. The first-order valence-corrected chi connectivity index (χ1v) is 10.1. The van der Waals surface area contributed by atoms with E-state index in [1.807, 2.05) is 25.3 Å². The molecule has 8 heteroatoms. The molecule has 27 heavy (non-hydrogen) atoms. The Balaban J connectivity index is 1.53. The molecule has 1 aromatic heterocycles. The molecule has 2 N–H and O–H groups in total. The van der Waals surface area contributed by atoms with Crippen molar-refractivity contribution >= 4 is 23.6 Å². The Hall–Kier alpha value is -2.35. The fourth-order valence-electron chi connectivity index (χ4n) is 2.73. The topological polar surface area (TPSA) is 88.9 Å². The monoisotopic (exact) mass is 387 g/mol. The van der Waals surface area contributed by atoms with Crippen LogP contribution < -0.4 is 10.6 Å². The number of amides is 2. The molecule has 1 heterocycles. The van der Waals surface area contributed by atoms with E-state index in [0.29, 0.717) is 18.2 Å². The molecule has 0 atom stereocenters. The molecule has 1 aliphatic carbocycles. The van der Waals surface area contributed by atoms with Crippen molar-refractivity contribution in [2.75, 3.05) is 18.8 Å². The predicted molar refractivity (Wildman–Crippen MR) is 105 cm³/mol. The van der Waals surface area contributed by atoms with Gasteiger partial charge in [0.1, 0.15) is 5.82 Å². The zero-order valence-electron chi connectivity index (χ0n) is 15.9. The van der Waals surface area contributed by atoms with Gasteiger partial charge in [-0.2, -0.15) is 0 Å². The molecular weight excluding hydrogens is 362 g/mol. The minimum Gasteiger partial charge on any atom is -0.354 e. The minimum absolute atomic E-state index is 0.0890. The summed E-state index contributed by atoms with van der Waals surface area (Å²) < 4.78 is 1.98. The predicted octanol–water partition coefficient (Wildman–Crippen LogP) is 1.93. The van der Waals surface area contributed by atoms with Crippen LogP contribution >= 0.6 is 11.8 Å². The molecule has 0 spiro atoms. The van der Waals surface area contributed by atoms with Crippen LogP contribution in [-0.2, 0) is 9.59 Å². The molecule has 1 saturated carbocycles. The van der Waals surface area contributed by atoms with Crippen LogP contribution in [-0.4, -0.2) is 45.4 Å². The van der Waals surface area contributed by atoms with E-state index in [1.54, 1.807) is 0 Å². The number of hydrogen-bond acceptors (Lipinski definition) is 5. The van der Waals surface area contributed by atoms with E-state index in [1.165, 1.54) is 11.8 Å². The number of aryl methyl sites for hydroxylation is 3.